The van der Waals surface area contributed by atoms with Gasteiger partial charge < -0.3 is 16.0 Å². The number of rotatable bonds is 6. The molecule has 0 saturated carbocycles. The molecule has 4 rings (SSSR count). The first-order valence-electron chi connectivity index (χ1n) is 10.6. The van der Waals surface area contributed by atoms with Crippen LogP contribution in [-0.4, -0.2) is 23.9 Å². The number of carbonyl (C=O) groups excluding carboxylic acids is 2. The molecule has 2 aromatic carbocycles. The Kier molecular flexibility index (Phi) is 7.51. The van der Waals surface area contributed by atoms with E-state index in [-0.39, 0.29) is 24.2 Å². The molecule has 2 aliphatic heterocycles. The van der Waals surface area contributed by atoms with Gasteiger partial charge in [0.2, 0.25) is 5.91 Å². The number of halogens is 1. The average molecular weight is 428 g/mol. The maximum absolute atomic E-state index is 12.7. The van der Waals surface area contributed by atoms with Crippen molar-refractivity contribution < 1.29 is 9.59 Å². The predicted octanol–water partition coefficient (Wildman–Crippen LogP) is 4.21. The molecule has 2 fully saturated rings. The van der Waals surface area contributed by atoms with Crippen LogP contribution in [0.1, 0.15) is 53.6 Å². The lowest BCUT2D eigenvalue weighted by Gasteiger charge is -2.28. The van der Waals surface area contributed by atoms with Crippen molar-refractivity contribution in [1.82, 2.24) is 10.6 Å². The van der Waals surface area contributed by atoms with Gasteiger partial charge in [-0.25, -0.2) is 0 Å². The fourth-order valence-corrected chi connectivity index (χ4v) is 4.58. The highest BCUT2D eigenvalue weighted by Gasteiger charge is 2.34. The van der Waals surface area contributed by atoms with Crippen molar-refractivity contribution >= 4 is 29.9 Å². The summed E-state index contributed by atoms with van der Waals surface area (Å²) in [6.45, 7) is 2.50. The number of anilines is 1. The van der Waals surface area contributed by atoms with E-state index in [9.17, 15) is 9.59 Å². The number of hydrogen-bond donors (Lipinski definition) is 3. The molecule has 0 aromatic heterocycles. The molecule has 2 unspecified atom stereocenters. The van der Waals surface area contributed by atoms with Gasteiger partial charge >= 0.3 is 0 Å². The van der Waals surface area contributed by atoms with Crippen LogP contribution in [0.5, 0.6) is 0 Å². The van der Waals surface area contributed by atoms with Crippen LogP contribution in [0.15, 0.2) is 48.5 Å². The lowest BCUT2D eigenvalue weighted by Crippen LogP contribution is -2.39. The third-order valence-electron chi connectivity index (χ3n) is 6.06. The van der Waals surface area contributed by atoms with E-state index in [4.69, 9.17) is 0 Å². The molecule has 0 spiro atoms. The highest BCUT2D eigenvalue weighted by atomic mass is 35.5. The molecular formula is C24H30ClN3O2. The highest BCUT2D eigenvalue weighted by molar-refractivity contribution is 6.03. The van der Waals surface area contributed by atoms with Crippen LogP contribution in [0.2, 0.25) is 0 Å². The highest BCUT2D eigenvalue weighted by Crippen LogP contribution is 2.33. The molecule has 2 heterocycles. The number of amides is 2. The van der Waals surface area contributed by atoms with Crippen LogP contribution in [-0.2, 0) is 11.3 Å². The molecule has 2 bridgehead atoms. The zero-order valence-electron chi connectivity index (χ0n) is 17.3. The van der Waals surface area contributed by atoms with E-state index in [1.807, 2.05) is 43.3 Å². The first kappa shape index (κ1) is 22.3. The maximum atomic E-state index is 12.7. The van der Waals surface area contributed by atoms with Gasteiger partial charge in [0.05, 0.1) is 11.3 Å². The first-order valence-corrected chi connectivity index (χ1v) is 10.6. The number of hydrogen-bond acceptors (Lipinski definition) is 3. The second-order valence-corrected chi connectivity index (χ2v) is 8.44. The Morgan fingerprint density at radius 2 is 1.67 bits per heavy atom. The van der Waals surface area contributed by atoms with Crippen LogP contribution in [0.25, 0.3) is 0 Å². The van der Waals surface area contributed by atoms with Crippen molar-refractivity contribution in [2.24, 2.45) is 5.92 Å². The Morgan fingerprint density at radius 1 is 1.00 bits per heavy atom. The molecule has 2 atom stereocenters. The van der Waals surface area contributed by atoms with Gasteiger partial charge in [0.1, 0.15) is 0 Å². The average Bonchev–Trinajstić information content (AvgIpc) is 3.06. The second kappa shape index (κ2) is 10.1. The molecule has 6 heteroatoms. The smallest absolute Gasteiger partial charge is 0.253 e. The van der Waals surface area contributed by atoms with E-state index in [1.54, 1.807) is 12.1 Å². The molecule has 0 aliphatic carbocycles. The third-order valence-corrected chi connectivity index (χ3v) is 6.06. The van der Waals surface area contributed by atoms with E-state index in [2.05, 4.69) is 16.0 Å². The second-order valence-electron chi connectivity index (χ2n) is 8.44. The van der Waals surface area contributed by atoms with Gasteiger partial charge in [-0.1, -0.05) is 42.0 Å². The van der Waals surface area contributed by atoms with Crippen LogP contribution in [0.4, 0.5) is 5.69 Å². The summed E-state index contributed by atoms with van der Waals surface area (Å²) in [5.74, 6) is 0.243. The standard InChI is InChI=1S/C24H29N3O2.ClH/c1-16-6-8-17(9-7-16)15-25-24(29)21-4-2-3-5-22(21)27-23(28)14-18-12-19-10-11-20(13-18)26-19;/h2-9,18-20,26H,10-15H2,1H3,(H,25,29)(H,27,28);1H. The van der Waals surface area contributed by atoms with Crippen LogP contribution >= 0.6 is 12.4 Å². The SMILES string of the molecule is Cc1ccc(CNC(=O)c2ccccc2NC(=O)CC2CC3CCC(C2)N3)cc1.Cl. The molecule has 3 N–H and O–H groups in total. The van der Waals surface area contributed by atoms with Gasteiger partial charge in [0, 0.05) is 25.0 Å². The number of carbonyl (C=O) groups is 2. The Labute approximate surface area is 184 Å². The quantitative estimate of drug-likeness (QED) is 0.646. The van der Waals surface area contributed by atoms with E-state index in [0.717, 1.165) is 18.4 Å². The lowest BCUT2D eigenvalue weighted by atomic mass is 9.89. The van der Waals surface area contributed by atoms with Crippen LogP contribution < -0.4 is 16.0 Å². The predicted molar refractivity (Wildman–Crippen MR) is 122 cm³/mol. The zero-order chi connectivity index (χ0) is 20.2. The number of nitrogens with one attached hydrogen (secondary N) is 3. The molecule has 0 radical (unpaired) electrons. The van der Waals surface area contributed by atoms with Gasteiger partial charge in [-0.15, -0.1) is 12.4 Å². The van der Waals surface area contributed by atoms with Crippen LogP contribution in [0, 0.1) is 12.8 Å². The molecule has 30 heavy (non-hydrogen) atoms. The molecule has 160 valence electrons. The molecule has 2 aromatic rings. The van der Waals surface area contributed by atoms with Crippen LogP contribution in [0.3, 0.4) is 0 Å². The summed E-state index contributed by atoms with van der Waals surface area (Å²) >= 11 is 0. The number of para-hydroxylation sites is 1. The summed E-state index contributed by atoms with van der Waals surface area (Å²) in [4.78, 5) is 25.3. The normalized spacial score (nSPS) is 22.1. The monoisotopic (exact) mass is 427 g/mol. The Balaban J connectivity index is 0.00000256. The lowest BCUT2D eigenvalue weighted by molar-refractivity contribution is -0.117. The van der Waals surface area contributed by atoms with Crippen molar-refractivity contribution in [3.63, 3.8) is 0 Å². The van der Waals surface area contributed by atoms with Gasteiger partial charge in [-0.05, 0) is 56.2 Å². The first-order chi connectivity index (χ1) is 14.1. The summed E-state index contributed by atoms with van der Waals surface area (Å²) in [5, 5.41) is 9.54. The molecule has 2 saturated heterocycles. The van der Waals surface area contributed by atoms with Crippen molar-refractivity contribution in [3.8, 4) is 0 Å². The van der Waals surface area contributed by atoms with Crippen molar-refractivity contribution in [3.05, 3.63) is 65.2 Å². The fraction of sp³-hybridized carbons (Fsp3) is 0.417. The number of aryl methyl sites for hydroxylation is 1. The molecule has 5 nitrogen and oxygen atoms in total. The zero-order valence-corrected chi connectivity index (χ0v) is 18.1. The number of piperidine rings is 1. The van der Waals surface area contributed by atoms with Gasteiger partial charge in [0.25, 0.3) is 5.91 Å². The summed E-state index contributed by atoms with van der Waals surface area (Å²) in [6, 6.07) is 16.4. The van der Waals surface area contributed by atoms with Crippen molar-refractivity contribution in [1.29, 1.82) is 0 Å². The number of benzene rings is 2. The summed E-state index contributed by atoms with van der Waals surface area (Å²) in [7, 11) is 0. The maximum Gasteiger partial charge on any atom is 0.253 e. The Hall–Kier alpha value is -2.37. The van der Waals surface area contributed by atoms with Crippen molar-refractivity contribution in [2.75, 3.05) is 5.32 Å². The largest absolute Gasteiger partial charge is 0.348 e. The Bertz CT molecular complexity index is 872. The fourth-order valence-electron chi connectivity index (χ4n) is 4.58. The van der Waals surface area contributed by atoms with E-state index in [0.29, 0.717) is 42.2 Å². The number of fused-ring (bicyclic) bond motifs is 2. The van der Waals surface area contributed by atoms with Gasteiger partial charge in [0.15, 0.2) is 0 Å². The van der Waals surface area contributed by atoms with Gasteiger partial charge in [-0.3, -0.25) is 9.59 Å². The van der Waals surface area contributed by atoms with Gasteiger partial charge in [-0.2, -0.15) is 0 Å². The van der Waals surface area contributed by atoms with E-state index >= 15 is 0 Å². The summed E-state index contributed by atoms with van der Waals surface area (Å²) in [6.07, 6.45) is 5.12. The molecule has 2 amide bonds. The van der Waals surface area contributed by atoms with E-state index < -0.39 is 0 Å². The minimum absolute atomic E-state index is 0. The minimum Gasteiger partial charge on any atom is -0.348 e. The summed E-state index contributed by atoms with van der Waals surface area (Å²) < 4.78 is 0. The third kappa shape index (κ3) is 5.61. The molecular weight excluding hydrogens is 398 g/mol. The topological polar surface area (TPSA) is 70.2 Å². The summed E-state index contributed by atoms with van der Waals surface area (Å²) in [5.41, 5.74) is 3.31. The molecule has 2 aliphatic rings. The van der Waals surface area contributed by atoms with E-state index in [1.165, 1.54) is 18.4 Å². The Morgan fingerprint density at radius 3 is 2.37 bits per heavy atom. The minimum atomic E-state index is -0.179. The van der Waals surface area contributed by atoms with Crippen molar-refractivity contribution in [2.45, 2.75) is 57.7 Å².